The third-order valence-electron chi connectivity index (χ3n) is 6.75. The van der Waals surface area contributed by atoms with Gasteiger partial charge in [-0.2, -0.15) is 8.78 Å². The number of primary amides is 1. The van der Waals surface area contributed by atoms with Crippen molar-refractivity contribution < 1.29 is 31.1 Å². The highest BCUT2D eigenvalue weighted by Crippen LogP contribution is 2.44. The van der Waals surface area contributed by atoms with Crippen LogP contribution in [0.4, 0.5) is 18.9 Å². The lowest BCUT2D eigenvalue weighted by molar-refractivity contribution is -0.0521. The second-order valence-electron chi connectivity index (χ2n) is 10.3. The van der Waals surface area contributed by atoms with E-state index in [1.165, 1.54) is 6.07 Å². The maximum absolute atomic E-state index is 14.7. The summed E-state index contributed by atoms with van der Waals surface area (Å²) in [6, 6.07) is 7.02. The second-order valence-corrected chi connectivity index (χ2v) is 12.8. The zero-order chi connectivity index (χ0) is 27.3. The molecule has 200 valence electrons. The molecule has 1 amide bonds. The van der Waals surface area contributed by atoms with Crippen LogP contribution in [0.15, 0.2) is 30.3 Å². The van der Waals surface area contributed by atoms with Crippen molar-refractivity contribution in [3.63, 3.8) is 0 Å². The van der Waals surface area contributed by atoms with Gasteiger partial charge in [-0.05, 0) is 64.3 Å². The fourth-order valence-electron chi connectivity index (χ4n) is 4.85. The number of carbonyl (C=O) groups is 1. The number of aryl methyl sites for hydroxylation is 1. The van der Waals surface area contributed by atoms with Crippen molar-refractivity contribution in [2.75, 3.05) is 4.72 Å². The molecule has 0 saturated heterocycles. The lowest BCUT2D eigenvalue weighted by Crippen LogP contribution is -2.33. The number of alkyl halides is 2. The number of rotatable bonds is 7. The Labute approximate surface area is 213 Å². The summed E-state index contributed by atoms with van der Waals surface area (Å²) in [6.45, 7) is 3.30. The Hall–Kier alpha value is -3.21. The third kappa shape index (κ3) is 5.01. The molecule has 11 heteroatoms. The van der Waals surface area contributed by atoms with Gasteiger partial charge in [-0.15, -0.1) is 0 Å². The summed E-state index contributed by atoms with van der Waals surface area (Å²) in [5.41, 5.74) is 8.24. The van der Waals surface area contributed by atoms with Crippen LogP contribution < -0.4 is 15.2 Å². The molecule has 0 spiro atoms. The van der Waals surface area contributed by atoms with Crippen LogP contribution in [0, 0.1) is 12.7 Å². The first kappa shape index (κ1) is 26.8. The summed E-state index contributed by atoms with van der Waals surface area (Å²) in [5.74, 6) is -2.45. The van der Waals surface area contributed by atoms with Crippen molar-refractivity contribution in [2.45, 2.75) is 70.8 Å². The Balaban J connectivity index is 1.97. The molecule has 0 aliphatic heterocycles. The molecule has 1 aromatic heterocycles. The standard InChI is InChI=1S/C26H30F3N3O4S/c1-14-11-15(31-37(34,35)26(2,3)4)9-10-17(14)23-22(24(30)33)18-12-19(27)21(36-25(28)29)13-20(18)32(23)16-7-5-6-8-16/h9-13,16,25,31H,5-8H2,1-4H3,(H2,30,33). The van der Waals surface area contributed by atoms with Gasteiger partial charge < -0.3 is 15.0 Å². The van der Waals surface area contributed by atoms with E-state index in [0.29, 0.717) is 28.0 Å². The molecule has 1 aliphatic rings. The number of benzene rings is 2. The van der Waals surface area contributed by atoms with E-state index in [1.807, 2.05) is 4.57 Å². The maximum atomic E-state index is 14.7. The minimum Gasteiger partial charge on any atom is -0.432 e. The molecule has 3 aromatic rings. The first-order valence-electron chi connectivity index (χ1n) is 12.0. The van der Waals surface area contributed by atoms with E-state index in [9.17, 15) is 26.4 Å². The van der Waals surface area contributed by atoms with Gasteiger partial charge in [0.2, 0.25) is 10.0 Å². The minimum absolute atomic E-state index is 0.0653. The second kappa shape index (κ2) is 9.59. The van der Waals surface area contributed by atoms with E-state index >= 15 is 0 Å². The van der Waals surface area contributed by atoms with Crippen LogP contribution in [0.1, 0.15) is 68.4 Å². The summed E-state index contributed by atoms with van der Waals surface area (Å²) < 4.78 is 73.7. The quantitative estimate of drug-likeness (QED) is 0.379. The lowest BCUT2D eigenvalue weighted by atomic mass is 9.99. The van der Waals surface area contributed by atoms with E-state index in [-0.39, 0.29) is 17.0 Å². The highest BCUT2D eigenvalue weighted by atomic mass is 32.2. The molecule has 7 nitrogen and oxygen atoms in total. The van der Waals surface area contributed by atoms with Gasteiger partial charge in [-0.25, -0.2) is 12.8 Å². The molecular weight excluding hydrogens is 507 g/mol. The molecule has 1 aliphatic carbocycles. The van der Waals surface area contributed by atoms with E-state index in [1.54, 1.807) is 45.9 Å². The van der Waals surface area contributed by atoms with Crippen molar-refractivity contribution in [3.05, 3.63) is 47.3 Å². The van der Waals surface area contributed by atoms with Crippen LogP contribution in [0.2, 0.25) is 0 Å². The highest BCUT2D eigenvalue weighted by Gasteiger charge is 2.31. The molecule has 1 fully saturated rings. The largest absolute Gasteiger partial charge is 0.432 e. The molecule has 1 heterocycles. The lowest BCUT2D eigenvalue weighted by Gasteiger charge is -2.22. The number of ether oxygens (including phenoxy) is 1. The first-order valence-corrected chi connectivity index (χ1v) is 13.4. The number of carbonyl (C=O) groups excluding carboxylic acids is 1. The van der Waals surface area contributed by atoms with Gasteiger partial charge in [0.05, 0.1) is 21.5 Å². The molecule has 4 rings (SSSR count). The zero-order valence-electron chi connectivity index (χ0n) is 21.1. The molecular formula is C26H30F3N3O4S. The van der Waals surface area contributed by atoms with Crippen molar-refractivity contribution in [1.82, 2.24) is 4.57 Å². The normalized spacial score (nSPS) is 15.0. The molecule has 3 N–H and O–H groups in total. The predicted octanol–water partition coefficient (Wildman–Crippen LogP) is 6.11. The van der Waals surface area contributed by atoms with Crippen LogP contribution in [-0.2, 0) is 10.0 Å². The molecule has 0 bridgehead atoms. The van der Waals surface area contributed by atoms with E-state index in [0.717, 1.165) is 31.7 Å². The topological polar surface area (TPSA) is 103 Å². The minimum atomic E-state index is -3.67. The van der Waals surface area contributed by atoms with E-state index < -0.39 is 38.9 Å². The number of fused-ring (bicyclic) bond motifs is 1. The van der Waals surface area contributed by atoms with Gasteiger partial charge in [-0.3, -0.25) is 9.52 Å². The number of anilines is 1. The number of hydrogen-bond donors (Lipinski definition) is 2. The summed E-state index contributed by atoms with van der Waals surface area (Å²) >= 11 is 0. The van der Waals surface area contributed by atoms with Gasteiger partial charge in [0.1, 0.15) is 0 Å². The van der Waals surface area contributed by atoms with Crippen LogP contribution in [-0.4, -0.2) is 30.3 Å². The van der Waals surface area contributed by atoms with Crippen LogP contribution in [0.3, 0.4) is 0 Å². The Morgan fingerprint density at radius 3 is 2.35 bits per heavy atom. The average Bonchev–Trinajstić information content (AvgIpc) is 3.38. The Bertz CT molecular complexity index is 1470. The van der Waals surface area contributed by atoms with Gasteiger partial charge in [-0.1, -0.05) is 18.9 Å². The molecule has 2 aromatic carbocycles. The smallest absolute Gasteiger partial charge is 0.387 e. The van der Waals surface area contributed by atoms with Gasteiger partial charge >= 0.3 is 6.61 Å². The number of sulfonamides is 1. The number of nitrogens with one attached hydrogen (secondary N) is 1. The Morgan fingerprint density at radius 1 is 1.16 bits per heavy atom. The number of amides is 1. The van der Waals surface area contributed by atoms with Crippen LogP contribution in [0.5, 0.6) is 5.75 Å². The number of halogens is 3. The zero-order valence-corrected chi connectivity index (χ0v) is 21.9. The summed E-state index contributed by atoms with van der Waals surface area (Å²) in [4.78, 5) is 12.7. The number of nitrogens with two attached hydrogens (primary N) is 1. The molecule has 37 heavy (non-hydrogen) atoms. The SMILES string of the molecule is Cc1cc(NS(=O)(=O)C(C)(C)C)ccc1-c1c(C(N)=O)c2cc(F)c(OC(F)F)cc2n1C1CCCC1. The van der Waals surface area contributed by atoms with E-state index in [4.69, 9.17) is 5.73 Å². The van der Waals surface area contributed by atoms with Crippen molar-refractivity contribution in [1.29, 1.82) is 0 Å². The number of aromatic nitrogens is 1. The highest BCUT2D eigenvalue weighted by molar-refractivity contribution is 7.94. The molecule has 1 saturated carbocycles. The van der Waals surface area contributed by atoms with Gasteiger partial charge in [0.25, 0.3) is 5.91 Å². The van der Waals surface area contributed by atoms with Gasteiger partial charge in [0.15, 0.2) is 11.6 Å². The molecule has 0 unspecified atom stereocenters. The maximum Gasteiger partial charge on any atom is 0.387 e. The van der Waals surface area contributed by atoms with Gasteiger partial charge in [0, 0.05) is 28.7 Å². The summed E-state index contributed by atoms with van der Waals surface area (Å²) in [5, 5.41) is 0.199. The monoisotopic (exact) mass is 537 g/mol. The van der Waals surface area contributed by atoms with Crippen LogP contribution >= 0.6 is 0 Å². The summed E-state index contributed by atoms with van der Waals surface area (Å²) in [6.07, 6.45) is 3.42. The molecule has 0 radical (unpaired) electrons. The summed E-state index contributed by atoms with van der Waals surface area (Å²) in [7, 11) is -3.67. The van der Waals surface area contributed by atoms with Crippen LogP contribution in [0.25, 0.3) is 22.2 Å². The third-order valence-corrected chi connectivity index (χ3v) is 8.87. The Kier molecular flexibility index (Phi) is 6.96. The van der Waals surface area contributed by atoms with Crippen molar-refractivity contribution >= 4 is 32.5 Å². The fraction of sp³-hybridized carbons (Fsp3) is 0.423. The van der Waals surface area contributed by atoms with Crippen molar-refractivity contribution in [2.24, 2.45) is 5.73 Å². The Morgan fingerprint density at radius 2 is 1.81 bits per heavy atom. The van der Waals surface area contributed by atoms with Crippen molar-refractivity contribution in [3.8, 4) is 17.0 Å². The average molecular weight is 538 g/mol. The fourth-order valence-corrected chi connectivity index (χ4v) is 5.60. The number of hydrogen-bond acceptors (Lipinski definition) is 4. The first-order chi connectivity index (χ1) is 17.2. The number of nitrogens with zero attached hydrogens (tertiary/aromatic N) is 1. The predicted molar refractivity (Wildman–Crippen MR) is 137 cm³/mol. The molecule has 0 atom stereocenters. The van der Waals surface area contributed by atoms with E-state index in [2.05, 4.69) is 9.46 Å².